The van der Waals surface area contributed by atoms with E-state index in [1.807, 2.05) is 20.8 Å². The molecule has 20 heavy (non-hydrogen) atoms. The molecule has 0 spiro atoms. The third kappa shape index (κ3) is 5.73. The van der Waals surface area contributed by atoms with E-state index >= 15 is 0 Å². The van der Waals surface area contributed by atoms with Crippen LogP contribution in [0.5, 0.6) is 5.75 Å². The number of aromatic hydroxyl groups is 1. The first-order valence-electron chi connectivity index (χ1n) is 6.57. The van der Waals surface area contributed by atoms with E-state index in [2.05, 4.69) is 5.32 Å². The Morgan fingerprint density at radius 1 is 1.25 bits per heavy atom. The van der Waals surface area contributed by atoms with Crippen molar-refractivity contribution in [2.75, 3.05) is 6.61 Å². The maximum atomic E-state index is 11.6. The number of carbonyl (C=O) groups excluding carboxylic acids is 2. The molecule has 5 heteroatoms. The third-order valence-corrected chi connectivity index (χ3v) is 3.01. The minimum Gasteiger partial charge on any atom is -0.508 e. The lowest BCUT2D eigenvalue weighted by Crippen LogP contribution is -2.44. The summed E-state index contributed by atoms with van der Waals surface area (Å²) in [5.41, 5.74) is 0.419. The summed E-state index contributed by atoms with van der Waals surface area (Å²) in [5, 5.41) is 11.9. The number of phenolic OH excluding ortho intramolecular Hbond substituents is 1. The molecule has 2 N–H and O–H groups in total. The van der Waals surface area contributed by atoms with Gasteiger partial charge in [-0.2, -0.15) is 0 Å². The third-order valence-electron chi connectivity index (χ3n) is 3.01. The largest absolute Gasteiger partial charge is 0.508 e. The van der Waals surface area contributed by atoms with E-state index in [0.29, 0.717) is 0 Å². The first kappa shape index (κ1) is 16.0. The number of ether oxygens (including phenoxy) is 1. The number of carbonyl (C=O) groups is 2. The van der Waals surface area contributed by atoms with E-state index in [1.54, 1.807) is 12.1 Å². The smallest absolute Gasteiger partial charge is 0.310 e. The predicted octanol–water partition coefficient (Wildman–Crippen LogP) is 1.78. The highest BCUT2D eigenvalue weighted by Crippen LogP contribution is 2.10. The standard InChI is InChI=1S/C15H21NO4/c1-4-15(2,3)16-13(18)10-20-14(19)9-11-5-7-12(17)8-6-11/h5-8,17H,4,9-10H2,1-3H3,(H,16,18). The molecule has 1 aromatic rings. The van der Waals surface area contributed by atoms with Crippen LogP contribution in [0, 0.1) is 0 Å². The van der Waals surface area contributed by atoms with Crippen molar-refractivity contribution in [3.63, 3.8) is 0 Å². The second-order valence-corrected chi connectivity index (χ2v) is 5.29. The van der Waals surface area contributed by atoms with Gasteiger partial charge in [0.15, 0.2) is 6.61 Å². The summed E-state index contributed by atoms with van der Waals surface area (Å²) in [6.45, 7) is 5.50. The summed E-state index contributed by atoms with van der Waals surface area (Å²) in [7, 11) is 0. The van der Waals surface area contributed by atoms with Crippen LogP contribution in [-0.4, -0.2) is 29.1 Å². The van der Waals surface area contributed by atoms with Gasteiger partial charge < -0.3 is 15.2 Å². The van der Waals surface area contributed by atoms with Crippen molar-refractivity contribution >= 4 is 11.9 Å². The Kier molecular flexibility index (Phi) is 5.55. The molecule has 0 bridgehead atoms. The van der Waals surface area contributed by atoms with Gasteiger partial charge in [-0.25, -0.2) is 0 Å². The molecule has 1 amide bonds. The lowest BCUT2D eigenvalue weighted by Gasteiger charge is -2.24. The summed E-state index contributed by atoms with van der Waals surface area (Å²) >= 11 is 0. The molecule has 0 aliphatic rings. The topological polar surface area (TPSA) is 75.6 Å². The van der Waals surface area contributed by atoms with Crippen LogP contribution in [0.1, 0.15) is 32.8 Å². The van der Waals surface area contributed by atoms with Gasteiger partial charge in [0.25, 0.3) is 5.91 Å². The van der Waals surface area contributed by atoms with Crippen LogP contribution in [-0.2, 0) is 20.7 Å². The Hall–Kier alpha value is -2.04. The number of hydrogen-bond donors (Lipinski definition) is 2. The monoisotopic (exact) mass is 279 g/mol. The molecular formula is C15H21NO4. The number of phenols is 1. The average Bonchev–Trinajstić information content (AvgIpc) is 2.39. The van der Waals surface area contributed by atoms with E-state index < -0.39 is 5.97 Å². The molecule has 0 aromatic heterocycles. The highest BCUT2D eigenvalue weighted by atomic mass is 16.5. The number of esters is 1. The van der Waals surface area contributed by atoms with Gasteiger partial charge in [0, 0.05) is 5.54 Å². The molecule has 0 atom stereocenters. The Labute approximate surface area is 118 Å². The summed E-state index contributed by atoms with van der Waals surface area (Å²) < 4.78 is 4.91. The van der Waals surface area contributed by atoms with Crippen LogP contribution < -0.4 is 5.32 Å². The fourth-order valence-electron chi connectivity index (χ4n) is 1.48. The molecule has 0 saturated carbocycles. The average molecular weight is 279 g/mol. The molecule has 0 radical (unpaired) electrons. The highest BCUT2D eigenvalue weighted by molar-refractivity contribution is 5.81. The zero-order valence-corrected chi connectivity index (χ0v) is 12.1. The van der Waals surface area contributed by atoms with Gasteiger partial charge in [-0.15, -0.1) is 0 Å². The van der Waals surface area contributed by atoms with Gasteiger partial charge in [-0.3, -0.25) is 9.59 Å². The zero-order chi connectivity index (χ0) is 15.2. The van der Waals surface area contributed by atoms with E-state index in [4.69, 9.17) is 9.84 Å². The minimum absolute atomic E-state index is 0.0741. The number of nitrogens with one attached hydrogen (secondary N) is 1. The van der Waals surface area contributed by atoms with Crippen LogP contribution >= 0.6 is 0 Å². The van der Waals surface area contributed by atoms with Gasteiger partial charge in [0.05, 0.1) is 6.42 Å². The quantitative estimate of drug-likeness (QED) is 0.778. The molecule has 0 aliphatic carbocycles. The van der Waals surface area contributed by atoms with E-state index in [-0.39, 0.29) is 30.2 Å². The Morgan fingerprint density at radius 3 is 2.40 bits per heavy atom. The molecule has 1 rings (SSSR count). The second kappa shape index (κ2) is 6.93. The summed E-state index contributed by atoms with van der Waals surface area (Å²) in [5.74, 6) is -0.639. The highest BCUT2D eigenvalue weighted by Gasteiger charge is 2.18. The van der Waals surface area contributed by atoms with Crippen LogP contribution in [0.25, 0.3) is 0 Å². The van der Waals surface area contributed by atoms with Crippen molar-refractivity contribution in [3.8, 4) is 5.75 Å². The Balaban J connectivity index is 2.36. The normalized spacial score (nSPS) is 10.9. The van der Waals surface area contributed by atoms with Gasteiger partial charge in [-0.1, -0.05) is 19.1 Å². The maximum absolute atomic E-state index is 11.6. The van der Waals surface area contributed by atoms with Crippen molar-refractivity contribution in [3.05, 3.63) is 29.8 Å². The minimum atomic E-state index is -0.472. The molecule has 0 saturated heterocycles. The summed E-state index contributed by atoms with van der Waals surface area (Å²) in [6, 6.07) is 6.27. The van der Waals surface area contributed by atoms with Crippen LogP contribution in [0.15, 0.2) is 24.3 Å². The fourth-order valence-corrected chi connectivity index (χ4v) is 1.48. The van der Waals surface area contributed by atoms with Crippen molar-refractivity contribution in [1.82, 2.24) is 5.32 Å². The van der Waals surface area contributed by atoms with Gasteiger partial charge in [-0.05, 0) is 38.0 Å². The SMILES string of the molecule is CCC(C)(C)NC(=O)COC(=O)Cc1ccc(O)cc1. The van der Waals surface area contributed by atoms with Gasteiger partial charge in [0.2, 0.25) is 0 Å². The molecule has 5 nitrogen and oxygen atoms in total. The van der Waals surface area contributed by atoms with E-state index in [1.165, 1.54) is 12.1 Å². The van der Waals surface area contributed by atoms with Crippen LogP contribution in [0.2, 0.25) is 0 Å². The zero-order valence-electron chi connectivity index (χ0n) is 12.1. The predicted molar refractivity (Wildman–Crippen MR) is 75.3 cm³/mol. The van der Waals surface area contributed by atoms with Crippen molar-refractivity contribution in [2.45, 2.75) is 39.2 Å². The number of amides is 1. The van der Waals surface area contributed by atoms with Crippen LogP contribution in [0.3, 0.4) is 0 Å². The van der Waals surface area contributed by atoms with Gasteiger partial charge >= 0.3 is 5.97 Å². The second-order valence-electron chi connectivity index (χ2n) is 5.29. The van der Waals surface area contributed by atoms with Crippen molar-refractivity contribution in [2.24, 2.45) is 0 Å². The van der Waals surface area contributed by atoms with E-state index in [0.717, 1.165) is 12.0 Å². The Bertz CT molecular complexity index is 465. The lowest BCUT2D eigenvalue weighted by atomic mass is 10.0. The fraction of sp³-hybridized carbons (Fsp3) is 0.467. The van der Waals surface area contributed by atoms with Crippen LogP contribution in [0.4, 0.5) is 0 Å². The molecule has 0 unspecified atom stereocenters. The summed E-state index contributed by atoms with van der Waals surface area (Å²) in [4.78, 5) is 23.2. The first-order valence-corrected chi connectivity index (χ1v) is 6.57. The Morgan fingerprint density at radius 2 is 1.85 bits per heavy atom. The number of rotatable bonds is 6. The van der Waals surface area contributed by atoms with Crippen molar-refractivity contribution < 1.29 is 19.4 Å². The molecular weight excluding hydrogens is 258 g/mol. The molecule has 0 heterocycles. The maximum Gasteiger partial charge on any atom is 0.310 e. The van der Waals surface area contributed by atoms with E-state index in [9.17, 15) is 9.59 Å². The first-order chi connectivity index (χ1) is 9.32. The molecule has 110 valence electrons. The number of hydrogen-bond acceptors (Lipinski definition) is 4. The molecule has 0 fully saturated rings. The summed E-state index contributed by atoms with van der Waals surface area (Å²) in [6.07, 6.45) is 0.866. The lowest BCUT2D eigenvalue weighted by molar-refractivity contribution is -0.148. The molecule has 1 aromatic carbocycles. The number of benzene rings is 1. The van der Waals surface area contributed by atoms with Gasteiger partial charge in [0.1, 0.15) is 5.75 Å². The molecule has 0 aliphatic heterocycles. The van der Waals surface area contributed by atoms with Crippen molar-refractivity contribution in [1.29, 1.82) is 0 Å².